The summed E-state index contributed by atoms with van der Waals surface area (Å²) >= 11 is 3.07. The Morgan fingerprint density at radius 2 is 1.90 bits per heavy atom. The minimum absolute atomic E-state index is 0.108. The van der Waals surface area contributed by atoms with Gasteiger partial charge in [0.1, 0.15) is 9.84 Å². The molecule has 0 saturated heterocycles. The fourth-order valence-electron chi connectivity index (χ4n) is 3.34. The van der Waals surface area contributed by atoms with E-state index >= 15 is 0 Å². The SMILES string of the molecule is Cc1nn(Cc2ccccc2)c2sc(C(=O)Nc3ccc(-c4nccs4)cc3)cc12. The van der Waals surface area contributed by atoms with Crippen LogP contribution in [0.2, 0.25) is 0 Å². The van der Waals surface area contributed by atoms with Crippen LogP contribution in [0.5, 0.6) is 0 Å². The molecule has 0 spiro atoms. The number of aromatic nitrogens is 3. The van der Waals surface area contributed by atoms with E-state index in [-0.39, 0.29) is 5.91 Å². The van der Waals surface area contributed by atoms with Crippen molar-refractivity contribution in [3.8, 4) is 10.6 Å². The molecular formula is C23H18N4OS2. The van der Waals surface area contributed by atoms with Gasteiger partial charge in [-0.05, 0) is 42.8 Å². The van der Waals surface area contributed by atoms with Gasteiger partial charge in [0.25, 0.3) is 5.91 Å². The first kappa shape index (κ1) is 18.7. The number of benzene rings is 2. The minimum atomic E-state index is -0.108. The summed E-state index contributed by atoms with van der Waals surface area (Å²) in [7, 11) is 0. The van der Waals surface area contributed by atoms with E-state index < -0.39 is 0 Å². The third-order valence-electron chi connectivity index (χ3n) is 4.83. The van der Waals surface area contributed by atoms with E-state index in [0.717, 1.165) is 32.2 Å². The van der Waals surface area contributed by atoms with Crippen molar-refractivity contribution in [1.29, 1.82) is 0 Å². The summed E-state index contributed by atoms with van der Waals surface area (Å²) in [6.45, 7) is 2.67. The lowest BCUT2D eigenvalue weighted by Crippen LogP contribution is -2.10. The van der Waals surface area contributed by atoms with Crippen molar-refractivity contribution in [3.05, 3.63) is 88.4 Å². The first-order valence-corrected chi connectivity index (χ1v) is 11.2. The van der Waals surface area contributed by atoms with Crippen molar-refractivity contribution >= 4 is 44.5 Å². The van der Waals surface area contributed by atoms with Gasteiger partial charge in [-0.2, -0.15) is 5.10 Å². The van der Waals surface area contributed by atoms with Gasteiger partial charge in [0.2, 0.25) is 0 Å². The summed E-state index contributed by atoms with van der Waals surface area (Å²) in [5.41, 5.74) is 3.92. The van der Waals surface area contributed by atoms with Gasteiger partial charge in [-0.25, -0.2) is 4.98 Å². The van der Waals surface area contributed by atoms with Crippen molar-refractivity contribution in [2.75, 3.05) is 5.32 Å². The highest BCUT2D eigenvalue weighted by Gasteiger charge is 2.17. The van der Waals surface area contributed by atoms with Gasteiger partial charge in [0.05, 0.1) is 17.1 Å². The van der Waals surface area contributed by atoms with Crippen molar-refractivity contribution in [1.82, 2.24) is 14.8 Å². The molecule has 148 valence electrons. The third kappa shape index (κ3) is 3.65. The highest BCUT2D eigenvalue weighted by Crippen LogP contribution is 2.30. The van der Waals surface area contributed by atoms with E-state index in [2.05, 4.69) is 27.5 Å². The first-order valence-electron chi connectivity index (χ1n) is 9.49. The third-order valence-corrected chi connectivity index (χ3v) is 6.80. The average Bonchev–Trinajstić information content (AvgIpc) is 3.49. The number of carbonyl (C=O) groups is 1. The van der Waals surface area contributed by atoms with Crippen LogP contribution in [0.15, 0.2) is 72.2 Å². The molecule has 7 heteroatoms. The number of thiazole rings is 1. The number of aryl methyl sites for hydroxylation is 1. The smallest absolute Gasteiger partial charge is 0.265 e. The largest absolute Gasteiger partial charge is 0.321 e. The number of amides is 1. The lowest BCUT2D eigenvalue weighted by Gasteiger charge is -2.05. The zero-order valence-electron chi connectivity index (χ0n) is 16.2. The predicted octanol–water partition coefficient (Wildman–Crippen LogP) is 5.83. The molecular weight excluding hydrogens is 412 g/mol. The number of carbonyl (C=O) groups excluding carboxylic acids is 1. The van der Waals surface area contributed by atoms with Crippen molar-refractivity contribution < 1.29 is 4.79 Å². The number of hydrogen-bond acceptors (Lipinski definition) is 5. The molecule has 0 atom stereocenters. The molecule has 0 aliphatic rings. The molecule has 5 rings (SSSR count). The van der Waals surface area contributed by atoms with Gasteiger partial charge in [-0.15, -0.1) is 22.7 Å². The van der Waals surface area contributed by atoms with Gasteiger partial charge < -0.3 is 5.32 Å². The second kappa shape index (κ2) is 7.85. The Hall–Kier alpha value is -3.29. The van der Waals surface area contributed by atoms with Crippen LogP contribution < -0.4 is 5.32 Å². The van der Waals surface area contributed by atoms with Crippen LogP contribution in [0.1, 0.15) is 20.9 Å². The lowest BCUT2D eigenvalue weighted by atomic mass is 10.2. The van der Waals surface area contributed by atoms with Crippen LogP contribution in [0.4, 0.5) is 5.69 Å². The average molecular weight is 431 g/mol. The van der Waals surface area contributed by atoms with Gasteiger partial charge >= 0.3 is 0 Å². The van der Waals surface area contributed by atoms with Crippen LogP contribution in [-0.4, -0.2) is 20.7 Å². The molecule has 0 unspecified atom stereocenters. The molecule has 1 amide bonds. The molecule has 0 aliphatic heterocycles. The van der Waals surface area contributed by atoms with E-state index in [9.17, 15) is 4.79 Å². The van der Waals surface area contributed by atoms with Crippen LogP contribution >= 0.6 is 22.7 Å². The molecule has 30 heavy (non-hydrogen) atoms. The molecule has 0 saturated carbocycles. The Kier molecular flexibility index (Phi) is 4.90. The lowest BCUT2D eigenvalue weighted by molar-refractivity contribution is 0.103. The highest BCUT2D eigenvalue weighted by molar-refractivity contribution is 7.20. The fraction of sp³-hybridized carbons (Fsp3) is 0.0870. The van der Waals surface area contributed by atoms with E-state index in [1.54, 1.807) is 17.5 Å². The molecule has 3 aromatic heterocycles. The molecule has 5 nitrogen and oxygen atoms in total. The molecule has 0 bridgehead atoms. The van der Waals surface area contributed by atoms with Gasteiger partial charge in [-0.1, -0.05) is 30.3 Å². The summed E-state index contributed by atoms with van der Waals surface area (Å²) in [5, 5.41) is 11.6. The minimum Gasteiger partial charge on any atom is -0.321 e. The van der Waals surface area contributed by atoms with Gasteiger partial charge in [-0.3, -0.25) is 9.48 Å². The topological polar surface area (TPSA) is 59.8 Å². The quantitative estimate of drug-likeness (QED) is 0.382. The Morgan fingerprint density at radius 1 is 1.10 bits per heavy atom. The van der Waals surface area contributed by atoms with E-state index in [1.165, 1.54) is 16.9 Å². The summed E-state index contributed by atoms with van der Waals surface area (Å²) in [6, 6.07) is 19.9. The Labute approximate surface area is 181 Å². The van der Waals surface area contributed by atoms with Gasteiger partial charge in [0.15, 0.2) is 0 Å². The molecule has 2 aromatic carbocycles. The monoisotopic (exact) mass is 430 g/mol. The molecule has 1 N–H and O–H groups in total. The van der Waals surface area contributed by atoms with E-state index in [0.29, 0.717) is 11.4 Å². The number of hydrogen-bond donors (Lipinski definition) is 1. The van der Waals surface area contributed by atoms with E-state index in [1.807, 2.05) is 65.5 Å². The number of nitrogens with one attached hydrogen (secondary N) is 1. The van der Waals surface area contributed by atoms with Crippen molar-refractivity contribution in [3.63, 3.8) is 0 Å². The zero-order chi connectivity index (χ0) is 20.5. The number of anilines is 1. The summed E-state index contributed by atoms with van der Waals surface area (Å²) in [4.78, 5) is 18.8. The first-order chi connectivity index (χ1) is 14.7. The molecule has 0 aliphatic carbocycles. The molecule has 3 heterocycles. The second-order valence-electron chi connectivity index (χ2n) is 6.93. The summed E-state index contributed by atoms with van der Waals surface area (Å²) in [5.74, 6) is -0.108. The standard InChI is InChI=1S/C23H18N4OS2/c1-15-19-13-20(30-23(19)27(26-15)14-16-5-3-2-4-6-16)21(28)25-18-9-7-17(8-10-18)22-24-11-12-29-22/h2-13H,14H2,1H3,(H,25,28). The second-order valence-corrected chi connectivity index (χ2v) is 8.85. The van der Waals surface area contributed by atoms with Crippen LogP contribution in [0, 0.1) is 6.92 Å². The van der Waals surface area contributed by atoms with Crippen LogP contribution in [-0.2, 0) is 6.54 Å². The van der Waals surface area contributed by atoms with E-state index in [4.69, 9.17) is 0 Å². The Balaban J connectivity index is 1.37. The number of nitrogens with zero attached hydrogens (tertiary/aromatic N) is 3. The zero-order valence-corrected chi connectivity index (χ0v) is 17.8. The van der Waals surface area contributed by atoms with Gasteiger partial charge in [0, 0.05) is 28.2 Å². The maximum absolute atomic E-state index is 12.8. The van der Waals surface area contributed by atoms with Crippen LogP contribution in [0.25, 0.3) is 20.8 Å². The maximum Gasteiger partial charge on any atom is 0.265 e. The highest BCUT2D eigenvalue weighted by atomic mass is 32.1. The van der Waals surface area contributed by atoms with Crippen LogP contribution in [0.3, 0.4) is 0 Å². The predicted molar refractivity (Wildman–Crippen MR) is 123 cm³/mol. The summed E-state index contributed by atoms with van der Waals surface area (Å²) < 4.78 is 1.98. The van der Waals surface area contributed by atoms with Crippen molar-refractivity contribution in [2.24, 2.45) is 0 Å². The molecule has 0 fully saturated rings. The van der Waals surface area contributed by atoms with Crippen molar-refractivity contribution in [2.45, 2.75) is 13.5 Å². The maximum atomic E-state index is 12.8. The molecule has 0 radical (unpaired) electrons. The number of thiophene rings is 1. The fourth-order valence-corrected chi connectivity index (χ4v) is 5.04. The normalized spacial score (nSPS) is 11.1. The Morgan fingerprint density at radius 3 is 2.63 bits per heavy atom. The number of rotatable bonds is 5. The number of fused-ring (bicyclic) bond motifs is 1. The summed E-state index contributed by atoms with van der Waals surface area (Å²) in [6.07, 6.45) is 1.79. The Bertz CT molecular complexity index is 1300. The molecule has 5 aromatic rings.